The summed E-state index contributed by atoms with van der Waals surface area (Å²) in [6.45, 7) is 4.36. The molecule has 5 heteroatoms. The van der Waals surface area contributed by atoms with E-state index < -0.39 is 0 Å². The number of anilines is 6. The molecule has 296 valence electrons. The molecule has 0 spiro atoms. The summed E-state index contributed by atoms with van der Waals surface area (Å²) in [5.74, 6) is 0.646. The van der Waals surface area contributed by atoms with Crippen molar-refractivity contribution in [2.24, 2.45) is 0 Å². The molecule has 0 bridgehead atoms. The molecule has 0 saturated heterocycles. The summed E-state index contributed by atoms with van der Waals surface area (Å²) in [4.78, 5) is 9.49. The monoisotopic (exact) mass is 798 g/mol. The van der Waals surface area contributed by atoms with Gasteiger partial charge in [0.05, 0.1) is 11.0 Å². The SMILES string of the molecule is Cc1c(-c2cccc(-n3c4ccc(N(c5ccccc5)c5ccccc5)cc4c4cc(N(c5ccccc5)c5ccccc5)ccc43)c2)ccc(-c2nc3ccccc3o2)c1C. The largest absolute Gasteiger partial charge is 0.436 e. The second kappa shape index (κ2) is 15.5. The van der Waals surface area contributed by atoms with E-state index in [2.05, 4.69) is 222 Å². The summed E-state index contributed by atoms with van der Waals surface area (Å²) in [5, 5.41) is 2.33. The smallest absolute Gasteiger partial charge is 0.227 e. The molecule has 2 aromatic heterocycles. The summed E-state index contributed by atoms with van der Waals surface area (Å²) >= 11 is 0. The first-order chi connectivity index (χ1) is 30.6. The molecule has 0 aliphatic carbocycles. The molecule has 9 aromatic carbocycles. The Morgan fingerprint density at radius 2 is 0.871 bits per heavy atom. The normalized spacial score (nSPS) is 11.4. The first kappa shape index (κ1) is 36.9. The van der Waals surface area contributed by atoms with Gasteiger partial charge in [-0.3, -0.25) is 0 Å². The highest BCUT2D eigenvalue weighted by molar-refractivity contribution is 6.12. The van der Waals surface area contributed by atoms with Crippen LogP contribution >= 0.6 is 0 Å². The van der Waals surface area contributed by atoms with E-state index in [0.29, 0.717) is 5.89 Å². The summed E-state index contributed by atoms with van der Waals surface area (Å²) in [7, 11) is 0. The van der Waals surface area contributed by atoms with Gasteiger partial charge in [-0.15, -0.1) is 0 Å². The lowest BCUT2D eigenvalue weighted by Crippen LogP contribution is -2.09. The molecule has 0 atom stereocenters. The van der Waals surface area contributed by atoms with Crippen LogP contribution in [0.1, 0.15) is 11.1 Å². The number of hydrogen-bond acceptors (Lipinski definition) is 4. The van der Waals surface area contributed by atoms with Crippen LogP contribution in [0.15, 0.2) is 223 Å². The summed E-state index contributed by atoms with van der Waals surface area (Å²) < 4.78 is 8.63. The highest BCUT2D eigenvalue weighted by Gasteiger charge is 2.21. The van der Waals surface area contributed by atoms with Crippen molar-refractivity contribution in [3.63, 3.8) is 0 Å². The molecule has 0 unspecified atom stereocenters. The van der Waals surface area contributed by atoms with Crippen molar-refractivity contribution < 1.29 is 4.42 Å². The Bertz CT molecular complexity index is 3120. The average Bonchev–Trinajstić information content (AvgIpc) is 3.91. The van der Waals surface area contributed by atoms with E-state index in [4.69, 9.17) is 9.40 Å². The van der Waals surface area contributed by atoms with E-state index >= 15 is 0 Å². The predicted molar refractivity (Wildman–Crippen MR) is 258 cm³/mol. The Hall–Kier alpha value is -8.15. The molecule has 11 rings (SSSR count). The van der Waals surface area contributed by atoms with Gasteiger partial charge in [-0.2, -0.15) is 0 Å². The second-order valence-electron chi connectivity index (χ2n) is 15.7. The van der Waals surface area contributed by atoms with Crippen LogP contribution in [-0.2, 0) is 0 Å². The zero-order chi connectivity index (χ0) is 41.6. The van der Waals surface area contributed by atoms with Crippen LogP contribution in [0.25, 0.3) is 61.2 Å². The molecular formula is C57H42N4O. The van der Waals surface area contributed by atoms with Crippen LogP contribution in [0.5, 0.6) is 0 Å². The van der Waals surface area contributed by atoms with Crippen molar-refractivity contribution in [1.29, 1.82) is 0 Å². The molecule has 0 N–H and O–H groups in total. The Labute approximate surface area is 361 Å². The standard InChI is InChI=1S/C57H42N4O/c1-39-40(2)50(57-58-53-28-15-16-29-56(53)62-57)33-32-49(39)41-18-17-27-46(36-41)61-54-34-30-47(59(42-19-7-3-8-20-42)43-21-9-4-10-22-43)37-51(54)52-38-48(31-35-55(52)61)60(44-23-11-5-12-24-44)45-25-13-6-14-26-45/h3-38H,1-2H3. The number of benzene rings is 9. The van der Waals surface area contributed by atoms with Gasteiger partial charge in [0.15, 0.2) is 5.58 Å². The fourth-order valence-electron chi connectivity index (χ4n) is 8.92. The highest BCUT2D eigenvalue weighted by Crippen LogP contribution is 2.43. The zero-order valence-electron chi connectivity index (χ0n) is 34.5. The minimum atomic E-state index is 0.646. The van der Waals surface area contributed by atoms with Crippen LogP contribution < -0.4 is 9.80 Å². The lowest BCUT2D eigenvalue weighted by molar-refractivity contribution is 0.619. The van der Waals surface area contributed by atoms with Gasteiger partial charge in [-0.1, -0.05) is 103 Å². The van der Waals surface area contributed by atoms with E-state index in [0.717, 1.165) is 89.4 Å². The lowest BCUT2D eigenvalue weighted by Gasteiger charge is -2.26. The Morgan fingerprint density at radius 3 is 1.39 bits per heavy atom. The van der Waals surface area contributed by atoms with Gasteiger partial charge in [0.1, 0.15) is 5.52 Å². The van der Waals surface area contributed by atoms with Gasteiger partial charge in [0.25, 0.3) is 0 Å². The van der Waals surface area contributed by atoms with Crippen LogP contribution in [0.2, 0.25) is 0 Å². The Balaban J connectivity index is 1.10. The molecule has 0 aliphatic heterocycles. The van der Waals surface area contributed by atoms with Crippen LogP contribution in [-0.4, -0.2) is 9.55 Å². The highest BCUT2D eigenvalue weighted by atomic mass is 16.3. The van der Waals surface area contributed by atoms with E-state index in [9.17, 15) is 0 Å². The first-order valence-corrected chi connectivity index (χ1v) is 21.0. The molecule has 0 amide bonds. The number of para-hydroxylation sites is 6. The molecule has 62 heavy (non-hydrogen) atoms. The topological polar surface area (TPSA) is 37.4 Å². The first-order valence-electron chi connectivity index (χ1n) is 21.0. The van der Waals surface area contributed by atoms with Crippen molar-refractivity contribution >= 4 is 67.0 Å². The molecule has 5 nitrogen and oxygen atoms in total. The number of nitrogens with zero attached hydrogens (tertiary/aromatic N) is 4. The van der Waals surface area contributed by atoms with Gasteiger partial charge in [0, 0.05) is 56.1 Å². The Kier molecular flexibility index (Phi) is 9.20. The zero-order valence-corrected chi connectivity index (χ0v) is 34.5. The van der Waals surface area contributed by atoms with E-state index in [1.54, 1.807) is 0 Å². The molecule has 0 aliphatic rings. The predicted octanol–water partition coefficient (Wildman–Crippen LogP) is 15.8. The van der Waals surface area contributed by atoms with E-state index in [1.807, 2.05) is 24.3 Å². The van der Waals surface area contributed by atoms with Crippen molar-refractivity contribution in [2.45, 2.75) is 13.8 Å². The molecule has 0 fully saturated rings. The van der Waals surface area contributed by atoms with Gasteiger partial charge in [-0.05, 0) is 151 Å². The summed E-state index contributed by atoms with van der Waals surface area (Å²) in [5.41, 5.74) is 17.3. The number of rotatable bonds is 9. The molecule has 11 aromatic rings. The minimum Gasteiger partial charge on any atom is -0.436 e. The van der Waals surface area contributed by atoms with Gasteiger partial charge in [0.2, 0.25) is 5.89 Å². The summed E-state index contributed by atoms with van der Waals surface area (Å²) in [6.07, 6.45) is 0. The number of aromatic nitrogens is 2. The van der Waals surface area contributed by atoms with Crippen molar-refractivity contribution in [3.8, 4) is 28.3 Å². The van der Waals surface area contributed by atoms with Gasteiger partial charge >= 0.3 is 0 Å². The van der Waals surface area contributed by atoms with E-state index in [1.165, 1.54) is 11.1 Å². The van der Waals surface area contributed by atoms with Gasteiger partial charge < -0.3 is 18.8 Å². The average molecular weight is 799 g/mol. The summed E-state index contributed by atoms with van der Waals surface area (Å²) in [6, 6.07) is 77.5. The molecule has 0 radical (unpaired) electrons. The third-order valence-corrected chi connectivity index (χ3v) is 12.0. The second-order valence-corrected chi connectivity index (χ2v) is 15.7. The lowest BCUT2D eigenvalue weighted by atomic mass is 9.93. The number of hydrogen-bond donors (Lipinski definition) is 0. The van der Waals surface area contributed by atoms with Crippen LogP contribution in [0.4, 0.5) is 34.1 Å². The van der Waals surface area contributed by atoms with Crippen molar-refractivity contribution in [2.75, 3.05) is 9.80 Å². The van der Waals surface area contributed by atoms with Crippen LogP contribution in [0.3, 0.4) is 0 Å². The maximum absolute atomic E-state index is 6.21. The Morgan fingerprint density at radius 1 is 0.403 bits per heavy atom. The van der Waals surface area contributed by atoms with Crippen LogP contribution in [0, 0.1) is 13.8 Å². The molecule has 0 saturated carbocycles. The van der Waals surface area contributed by atoms with Crippen molar-refractivity contribution in [1.82, 2.24) is 9.55 Å². The van der Waals surface area contributed by atoms with Gasteiger partial charge in [-0.25, -0.2) is 4.98 Å². The maximum atomic E-state index is 6.21. The number of fused-ring (bicyclic) bond motifs is 4. The molecular weight excluding hydrogens is 757 g/mol. The third-order valence-electron chi connectivity index (χ3n) is 12.0. The van der Waals surface area contributed by atoms with Crippen molar-refractivity contribution in [3.05, 3.63) is 230 Å². The van der Waals surface area contributed by atoms with E-state index in [-0.39, 0.29) is 0 Å². The maximum Gasteiger partial charge on any atom is 0.227 e. The number of oxazole rings is 1. The fraction of sp³-hybridized carbons (Fsp3) is 0.0351. The minimum absolute atomic E-state index is 0.646. The fourth-order valence-corrected chi connectivity index (χ4v) is 8.92. The molecule has 2 heterocycles. The quantitative estimate of drug-likeness (QED) is 0.146. The third kappa shape index (κ3) is 6.48.